The zero-order valence-electron chi connectivity index (χ0n) is 18.2. The average Bonchev–Trinajstić information content (AvgIpc) is 3.42. The van der Waals surface area contributed by atoms with E-state index >= 15 is 0 Å². The summed E-state index contributed by atoms with van der Waals surface area (Å²) < 4.78 is 33.6. The standard InChI is InChI=1S/C24H27N3O5S/c28-10-8-21(17-4-2-1-3-5-17)24(29)26-13-18-15-27(16-19(18)14-26)33(30,31)20-6-7-23-22(12-20)25-9-11-32-23/h1-7,12,21,25,28H,8-11,13-16H2/t21-/m1/s1. The van der Waals surface area contributed by atoms with Crippen LogP contribution in [0.4, 0.5) is 5.69 Å². The van der Waals surface area contributed by atoms with Gasteiger partial charge in [0.1, 0.15) is 12.4 Å². The second kappa shape index (κ2) is 8.81. The van der Waals surface area contributed by atoms with Gasteiger partial charge in [-0.3, -0.25) is 4.79 Å². The van der Waals surface area contributed by atoms with Crippen molar-refractivity contribution in [3.63, 3.8) is 0 Å². The fourth-order valence-electron chi connectivity index (χ4n) is 4.77. The molecule has 0 unspecified atom stereocenters. The first-order chi connectivity index (χ1) is 16.0. The van der Waals surface area contributed by atoms with Crippen molar-refractivity contribution in [2.75, 3.05) is 51.3 Å². The van der Waals surface area contributed by atoms with Crippen LogP contribution in [0.2, 0.25) is 0 Å². The number of carbonyl (C=O) groups excluding carboxylic acids is 1. The lowest BCUT2D eigenvalue weighted by Crippen LogP contribution is -2.38. The lowest BCUT2D eigenvalue weighted by atomic mass is 9.94. The van der Waals surface area contributed by atoms with Gasteiger partial charge in [0.05, 0.1) is 16.5 Å². The van der Waals surface area contributed by atoms with Crippen LogP contribution in [0.1, 0.15) is 17.9 Å². The molecule has 0 radical (unpaired) electrons. The summed E-state index contributed by atoms with van der Waals surface area (Å²) in [5.74, 6) is 0.230. The van der Waals surface area contributed by atoms with Gasteiger partial charge in [0.2, 0.25) is 15.9 Å². The van der Waals surface area contributed by atoms with E-state index in [0.29, 0.717) is 57.2 Å². The number of sulfonamides is 1. The quantitative estimate of drug-likeness (QED) is 0.626. The fourth-order valence-corrected chi connectivity index (χ4v) is 6.22. The van der Waals surface area contributed by atoms with Crippen LogP contribution in [-0.4, -0.2) is 74.6 Å². The van der Waals surface area contributed by atoms with Crippen molar-refractivity contribution in [3.8, 4) is 5.75 Å². The molecule has 0 saturated heterocycles. The van der Waals surface area contributed by atoms with Crippen molar-refractivity contribution in [2.24, 2.45) is 0 Å². The summed E-state index contributed by atoms with van der Waals surface area (Å²) in [4.78, 5) is 15.3. The summed E-state index contributed by atoms with van der Waals surface area (Å²) in [6, 6.07) is 14.4. The Morgan fingerprint density at radius 1 is 1.06 bits per heavy atom. The Kier molecular flexibility index (Phi) is 5.86. The number of hydrogen-bond acceptors (Lipinski definition) is 6. The molecule has 0 spiro atoms. The summed E-state index contributed by atoms with van der Waals surface area (Å²) in [6.07, 6.45) is 0.362. The molecule has 0 aliphatic carbocycles. The maximum Gasteiger partial charge on any atom is 0.243 e. The number of anilines is 1. The zero-order valence-corrected chi connectivity index (χ0v) is 19.1. The van der Waals surface area contributed by atoms with E-state index in [1.165, 1.54) is 4.31 Å². The van der Waals surface area contributed by atoms with Gasteiger partial charge in [-0.25, -0.2) is 8.42 Å². The van der Waals surface area contributed by atoms with Gasteiger partial charge in [-0.2, -0.15) is 4.31 Å². The summed E-state index contributed by atoms with van der Waals surface area (Å²) in [7, 11) is -3.66. The number of ether oxygens (including phenoxy) is 1. The van der Waals surface area contributed by atoms with Crippen molar-refractivity contribution in [1.29, 1.82) is 0 Å². The molecule has 8 nitrogen and oxygen atoms in total. The van der Waals surface area contributed by atoms with Crippen molar-refractivity contribution < 1.29 is 23.1 Å². The monoisotopic (exact) mass is 469 g/mol. The first-order valence-corrected chi connectivity index (χ1v) is 12.6. The third-order valence-electron chi connectivity index (χ3n) is 6.49. The SMILES string of the molecule is O=C([C@H](CCO)c1ccccc1)N1CC2=C(C1)CN(S(=O)(=O)c1ccc3c(c1)NCCO3)C2. The topological polar surface area (TPSA) is 99.2 Å². The number of aliphatic hydroxyl groups is 1. The smallest absolute Gasteiger partial charge is 0.243 e. The van der Waals surface area contributed by atoms with E-state index in [1.54, 1.807) is 23.1 Å². The van der Waals surface area contributed by atoms with Crippen LogP contribution in [-0.2, 0) is 14.8 Å². The van der Waals surface area contributed by atoms with Gasteiger partial charge >= 0.3 is 0 Å². The molecule has 0 saturated carbocycles. The molecule has 3 aliphatic rings. The van der Waals surface area contributed by atoms with E-state index in [1.807, 2.05) is 30.3 Å². The van der Waals surface area contributed by atoms with Gasteiger partial charge in [0.15, 0.2) is 0 Å². The number of rotatable bonds is 6. The average molecular weight is 470 g/mol. The van der Waals surface area contributed by atoms with Crippen molar-refractivity contribution in [2.45, 2.75) is 17.2 Å². The van der Waals surface area contributed by atoms with E-state index in [4.69, 9.17) is 4.74 Å². The molecule has 2 aromatic rings. The molecular weight excluding hydrogens is 442 g/mol. The Bertz CT molecular complexity index is 1180. The summed E-state index contributed by atoms with van der Waals surface area (Å²) in [6.45, 7) is 2.56. The predicted octanol–water partition coefficient (Wildman–Crippen LogP) is 1.80. The van der Waals surface area contributed by atoms with Gasteiger partial charge in [0, 0.05) is 39.3 Å². The van der Waals surface area contributed by atoms with Crippen LogP contribution < -0.4 is 10.1 Å². The molecule has 0 bridgehead atoms. The highest BCUT2D eigenvalue weighted by atomic mass is 32.2. The molecule has 33 heavy (non-hydrogen) atoms. The number of nitrogens with zero attached hydrogens (tertiary/aromatic N) is 2. The molecule has 2 aromatic carbocycles. The van der Waals surface area contributed by atoms with Gasteiger partial charge in [0.25, 0.3) is 0 Å². The third-order valence-corrected chi connectivity index (χ3v) is 8.28. The van der Waals surface area contributed by atoms with Crippen LogP contribution in [0, 0.1) is 0 Å². The van der Waals surface area contributed by atoms with Crippen molar-refractivity contribution in [3.05, 3.63) is 65.2 Å². The minimum Gasteiger partial charge on any atom is -0.490 e. The highest BCUT2D eigenvalue weighted by Crippen LogP contribution is 2.35. The summed E-state index contributed by atoms with van der Waals surface area (Å²) >= 11 is 0. The first-order valence-electron chi connectivity index (χ1n) is 11.1. The molecule has 3 heterocycles. The van der Waals surface area contributed by atoms with Gasteiger partial charge in [-0.15, -0.1) is 0 Å². The first kappa shape index (κ1) is 21.9. The summed E-state index contributed by atoms with van der Waals surface area (Å²) in [5, 5.41) is 12.7. The van der Waals surface area contributed by atoms with Crippen LogP contribution in [0.15, 0.2) is 64.6 Å². The lowest BCUT2D eigenvalue weighted by molar-refractivity contribution is -0.132. The highest BCUT2D eigenvalue weighted by Gasteiger charge is 2.39. The zero-order chi connectivity index (χ0) is 23.0. The Labute approximate surface area is 193 Å². The molecule has 1 atom stereocenters. The van der Waals surface area contributed by atoms with Crippen LogP contribution in [0.5, 0.6) is 5.75 Å². The Morgan fingerprint density at radius 2 is 1.79 bits per heavy atom. The maximum atomic E-state index is 13.3. The second-order valence-corrected chi connectivity index (χ2v) is 10.5. The largest absolute Gasteiger partial charge is 0.490 e. The van der Waals surface area contributed by atoms with Crippen LogP contribution >= 0.6 is 0 Å². The molecule has 2 N–H and O–H groups in total. The Balaban J connectivity index is 1.27. The van der Waals surface area contributed by atoms with Crippen LogP contribution in [0.25, 0.3) is 0 Å². The number of aliphatic hydroxyl groups excluding tert-OH is 1. The van der Waals surface area contributed by atoms with Gasteiger partial charge in [-0.1, -0.05) is 30.3 Å². The fraction of sp³-hybridized carbons (Fsp3) is 0.375. The number of amides is 1. The lowest BCUT2D eigenvalue weighted by Gasteiger charge is -2.27. The maximum absolute atomic E-state index is 13.3. The molecule has 3 aliphatic heterocycles. The van der Waals surface area contributed by atoms with Gasteiger partial charge < -0.3 is 20.1 Å². The number of benzene rings is 2. The minimum absolute atomic E-state index is 0.0279. The predicted molar refractivity (Wildman–Crippen MR) is 124 cm³/mol. The van der Waals surface area contributed by atoms with Crippen molar-refractivity contribution in [1.82, 2.24) is 9.21 Å². The molecule has 1 amide bonds. The normalized spacial score (nSPS) is 19.0. The second-order valence-electron chi connectivity index (χ2n) is 8.58. The third kappa shape index (κ3) is 4.12. The number of nitrogens with one attached hydrogen (secondary N) is 1. The molecule has 9 heteroatoms. The number of fused-ring (bicyclic) bond motifs is 1. The van der Waals surface area contributed by atoms with Crippen LogP contribution in [0.3, 0.4) is 0 Å². The molecule has 0 aromatic heterocycles. The van der Waals surface area contributed by atoms with Crippen molar-refractivity contribution >= 4 is 21.6 Å². The minimum atomic E-state index is -3.66. The van der Waals surface area contributed by atoms with E-state index in [-0.39, 0.29) is 17.4 Å². The number of hydrogen-bond donors (Lipinski definition) is 2. The summed E-state index contributed by atoms with van der Waals surface area (Å²) in [5.41, 5.74) is 3.55. The van der Waals surface area contributed by atoms with E-state index in [9.17, 15) is 18.3 Å². The molecular formula is C24H27N3O5S. The Morgan fingerprint density at radius 3 is 2.48 bits per heavy atom. The van der Waals surface area contributed by atoms with E-state index in [2.05, 4.69) is 5.32 Å². The molecule has 174 valence electrons. The molecule has 5 rings (SSSR count). The molecule has 0 fully saturated rings. The van der Waals surface area contributed by atoms with E-state index < -0.39 is 15.9 Å². The Hall–Kier alpha value is -2.88. The number of carbonyl (C=O) groups is 1. The van der Waals surface area contributed by atoms with Gasteiger partial charge in [-0.05, 0) is 41.3 Å². The highest BCUT2D eigenvalue weighted by molar-refractivity contribution is 7.89. The van der Waals surface area contributed by atoms with E-state index in [0.717, 1.165) is 16.7 Å².